The minimum atomic E-state index is 0.244. The molecule has 0 saturated heterocycles. The van der Waals surface area contributed by atoms with Gasteiger partial charge in [0.05, 0.1) is 5.69 Å². The molecule has 0 saturated carbocycles. The quantitative estimate of drug-likeness (QED) is 0.784. The van der Waals surface area contributed by atoms with E-state index in [-0.39, 0.29) is 6.79 Å². The summed E-state index contributed by atoms with van der Waals surface area (Å²) in [6, 6.07) is 5.99. The number of ether oxygens (including phenoxy) is 2. The summed E-state index contributed by atoms with van der Waals surface area (Å²) in [5.74, 6) is 2.27. The Kier molecular flexibility index (Phi) is 2.46. The van der Waals surface area contributed by atoms with E-state index in [0.717, 1.165) is 28.4 Å². The highest BCUT2D eigenvalue weighted by molar-refractivity contribution is 5.72. The van der Waals surface area contributed by atoms with E-state index in [9.17, 15) is 5.26 Å². The lowest BCUT2D eigenvalue weighted by Crippen LogP contribution is -1.97. The third-order valence-corrected chi connectivity index (χ3v) is 3.40. The molecule has 5 heteroatoms. The number of imidazole rings is 1. The maximum atomic E-state index is 9.22. The van der Waals surface area contributed by atoms with Crippen molar-refractivity contribution in [3.63, 3.8) is 0 Å². The number of aromatic nitrogens is 2. The first-order valence-corrected chi connectivity index (χ1v) is 5.96. The number of nitriles is 1. The molecule has 1 aromatic carbocycles. The Balaban J connectivity index is 2.26. The highest BCUT2D eigenvalue weighted by atomic mass is 16.7. The molecule has 0 N–H and O–H groups in total. The van der Waals surface area contributed by atoms with Crippen molar-refractivity contribution in [3.8, 4) is 28.8 Å². The van der Waals surface area contributed by atoms with E-state index in [2.05, 4.69) is 11.1 Å². The molecule has 0 unspecified atom stereocenters. The largest absolute Gasteiger partial charge is 0.454 e. The molecule has 19 heavy (non-hydrogen) atoms. The smallest absolute Gasteiger partial charge is 0.231 e. The molecule has 0 atom stereocenters. The lowest BCUT2D eigenvalue weighted by Gasteiger charge is -2.09. The Morgan fingerprint density at radius 3 is 2.63 bits per heavy atom. The SMILES string of the molecule is Cc1cc2c(cc1-c1c(C#N)nc(C)n1C)OCO2. The summed E-state index contributed by atoms with van der Waals surface area (Å²) in [5, 5.41) is 9.22. The topological polar surface area (TPSA) is 60.1 Å². The van der Waals surface area contributed by atoms with Crippen molar-refractivity contribution in [3.05, 3.63) is 29.2 Å². The van der Waals surface area contributed by atoms with Crippen molar-refractivity contribution in [1.29, 1.82) is 5.26 Å². The number of rotatable bonds is 1. The standard InChI is InChI=1S/C14H13N3O2/c1-8-4-12-13(19-7-18-12)5-10(8)14-11(6-15)16-9(2)17(14)3/h4-5H,7H2,1-3H3. The first-order chi connectivity index (χ1) is 9.11. The molecular weight excluding hydrogens is 242 g/mol. The van der Waals surface area contributed by atoms with E-state index in [1.807, 2.05) is 37.6 Å². The lowest BCUT2D eigenvalue weighted by molar-refractivity contribution is 0.174. The van der Waals surface area contributed by atoms with Crippen LogP contribution >= 0.6 is 0 Å². The monoisotopic (exact) mass is 255 g/mol. The number of hydrogen-bond acceptors (Lipinski definition) is 4. The number of benzene rings is 1. The number of fused-ring (bicyclic) bond motifs is 1. The molecule has 96 valence electrons. The number of nitrogens with zero attached hydrogens (tertiary/aromatic N) is 3. The molecule has 0 bridgehead atoms. The van der Waals surface area contributed by atoms with E-state index in [1.54, 1.807) is 0 Å². The van der Waals surface area contributed by atoms with Crippen molar-refractivity contribution < 1.29 is 9.47 Å². The van der Waals surface area contributed by atoms with Gasteiger partial charge in [-0.15, -0.1) is 0 Å². The lowest BCUT2D eigenvalue weighted by atomic mass is 10.0. The fourth-order valence-electron chi connectivity index (χ4n) is 2.30. The second kappa shape index (κ2) is 4.02. The van der Waals surface area contributed by atoms with Gasteiger partial charge < -0.3 is 14.0 Å². The zero-order valence-electron chi connectivity index (χ0n) is 11.0. The van der Waals surface area contributed by atoms with Crippen molar-refractivity contribution in [1.82, 2.24) is 9.55 Å². The Morgan fingerprint density at radius 2 is 1.95 bits per heavy atom. The van der Waals surface area contributed by atoms with Crippen LogP contribution in [0.4, 0.5) is 0 Å². The van der Waals surface area contributed by atoms with Crippen LogP contribution in [-0.2, 0) is 7.05 Å². The summed E-state index contributed by atoms with van der Waals surface area (Å²) in [6.45, 7) is 4.11. The van der Waals surface area contributed by atoms with Gasteiger partial charge in [0.25, 0.3) is 0 Å². The van der Waals surface area contributed by atoms with Gasteiger partial charge in [0, 0.05) is 12.6 Å². The van der Waals surface area contributed by atoms with E-state index in [1.165, 1.54) is 0 Å². The zero-order valence-corrected chi connectivity index (χ0v) is 11.0. The predicted octanol–water partition coefficient (Wildman–Crippen LogP) is 2.30. The van der Waals surface area contributed by atoms with Gasteiger partial charge in [-0.1, -0.05) is 0 Å². The van der Waals surface area contributed by atoms with Crippen molar-refractivity contribution in [2.75, 3.05) is 6.79 Å². The molecule has 1 aromatic heterocycles. The molecular formula is C14H13N3O2. The highest BCUT2D eigenvalue weighted by Crippen LogP contribution is 2.39. The van der Waals surface area contributed by atoms with Gasteiger partial charge in [0.2, 0.25) is 6.79 Å². The van der Waals surface area contributed by atoms with E-state index in [4.69, 9.17) is 9.47 Å². The van der Waals surface area contributed by atoms with Gasteiger partial charge in [0.15, 0.2) is 17.2 Å². The first kappa shape index (κ1) is 11.6. The predicted molar refractivity (Wildman–Crippen MR) is 69.0 cm³/mol. The second-order valence-corrected chi connectivity index (χ2v) is 4.55. The number of aryl methyl sites for hydroxylation is 2. The van der Waals surface area contributed by atoms with Crippen LogP contribution in [0.5, 0.6) is 11.5 Å². The van der Waals surface area contributed by atoms with Gasteiger partial charge in [0.1, 0.15) is 11.9 Å². The summed E-state index contributed by atoms with van der Waals surface area (Å²) in [4.78, 5) is 4.27. The van der Waals surface area contributed by atoms with E-state index < -0.39 is 0 Å². The van der Waals surface area contributed by atoms with Gasteiger partial charge in [-0.2, -0.15) is 5.26 Å². The van der Waals surface area contributed by atoms with Crippen LogP contribution in [0.1, 0.15) is 17.1 Å². The molecule has 2 aromatic rings. The van der Waals surface area contributed by atoms with Crippen LogP contribution in [-0.4, -0.2) is 16.3 Å². The van der Waals surface area contributed by atoms with E-state index >= 15 is 0 Å². The van der Waals surface area contributed by atoms with Crippen LogP contribution in [0.2, 0.25) is 0 Å². The average molecular weight is 255 g/mol. The summed E-state index contributed by atoms with van der Waals surface area (Å²) in [7, 11) is 1.91. The fraction of sp³-hybridized carbons (Fsp3) is 0.286. The van der Waals surface area contributed by atoms with Crippen molar-refractivity contribution in [2.45, 2.75) is 13.8 Å². The maximum absolute atomic E-state index is 9.22. The summed E-state index contributed by atoms with van der Waals surface area (Å²) >= 11 is 0. The minimum absolute atomic E-state index is 0.244. The second-order valence-electron chi connectivity index (χ2n) is 4.55. The molecule has 1 aliphatic rings. The normalized spacial score (nSPS) is 12.5. The number of hydrogen-bond donors (Lipinski definition) is 0. The third-order valence-electron chi connectivity index (χ3n) is 3.40. The van der Waals surface area contributed by atoms with Gasteiger partial charge in [-0.25, -0.2) is 4.98 Å². The Bertz CT molecular complexity index is 710. The molecule has 1 aliphatic heterocycles. The fourth-order valence-corrected chi connectivity index (χ4v) is 2.30. The summed E-state index contributed by atoms with van der Waals surface area (Å²) < 4.78 is 12.7. The molecule has 0 amide bonds. The van der Waals surface area contributed by atoms with Crippen LogP contribution in [0.15, 0.2) is 12.1 Å². The average Bonchev–Trinajstić information content (AvgIpc) is 2.94. The molecule has 0 fully saturated rings. The van der Waals surface area contributed by atoms with Crippen LogP contribution in [0.3, 0.4) is 0 Å². The molecule has 0 radical (unpaired) electrons. The minimum Gasteiger partial charge on any atom is -0.454 e. The first-order valence-electron chi connectivity index (χ1n) is 5.96. The Hall–Kier alpha value is -2.48. The molecule has 2 heterocycles. The summed E-state index contributed by atoms with van der Waals surface area (Å²) in [5.41, 5.74) is 3.23. The van der Waals surface area contributed by atoms with Gasteiger partial charge in [-0.3, -0.25) is 0 Å². The van der Waals surface area contributed by atoms with E-state index in [0.29, 0.717) is 11.4 Å². The van der Waals surface area contributed by atoms with Gasteiger partial charge in [-0.05, 0) is 31.5 Å². The third kappa shape index (κ3) is 1.65. The summed E-state index contributed by atoms with van der Waals surface area (Å²) in [6.07, 6.45) is 0. The zero-order chi connectivity index (χ0) is 13.6. The molecule has 0 aliphatic carbocycles. The van der Waals surface area contributed by atoms with Gasteiger partial charge >= 0.3 is 0 Å². The molecule has 3 rings (SSSR count). The molecule has 5 nitrogen and oxygen atoms in total. The van der Waals surface area contributed by atoms with Crippen LogP contribution in [0.25, 0.3) is 11.3 Å². The maximum Gasteiger partial charge on any atom is 0.231 e. The Labute approximate surface area is 111 Å². The van der Waals surface area contributed by atoms with Crippen LogP contribution in [0, 0.1) is 25.2 Å². The highest BCUT2D eigenvalue weighted by Gasteiger charge is 2.21. The molecule has 0 spiro atoms. The Morgan fingerprint density at radius 1 is 1.26 bits per heavy atom. The van der Waals surface area contributed by atoms with Crippen molar-refractivity contribution in [2.24, 2.45) is 7.05 Å². The van der Waals surface area contributed by atoms with Crippen molar-refractivity contribution >= 4 is 0 Å². The van der Waals surface area contributed by atoms with Crippen LogP contribution < -0.4 is 9.47 Å².